The molecule has 3 N–H and O–H groups in total. The summed E-state index contributed by atoms with van der Waals surface area (Å²) in [5, 5.41) is 3.48. The largest absolute Gasteiger partial charge is 0.330 e. The standard InChI is InChI=1S/C10H22N2/c1-8(5-11)6-12-7-9(2)10-3-4-10/h8-10,12H,3-7,11H2,1-2H3. The van der Waals surface area contributed by atoms with Crippen LogP contribution in [0, 0.1) is 17.8 Å². The van der Waals surface area contributed by atoms with Gasteiger partial charge in [0, 0.05) is 0 Å². The lowest BCUT2D eigenvalue weighted by molar-refractivity contribution is 0.431. The van der Waals surface area contributed by atoms with Crippen LogP contribution < -0.4 is 11.1 Å². The minimum absolute atomic E-state index is 0.622. The molecule has 2 unspecified atom stereocenters. The molecule has 0 amide bonds. The van der Waals surface area contributed by atoms with Gasteiger partial charge >= 0.3 is 0 Å². The second-order valence-electron chi connectivity index (χ2n) is 4.31. The highest BCUT2D eigenvalue weighted by Crippen LogP contribution is 2.35. The lowest BCUT2D eigenvalue weighted by atomic mass is 10.1. The molecule has 1 aliphatic rings. The molecule has 0 radical (unpaired) electrons. The minimum atomic E-state index is 0.622. The van der Waals surface area contributed by atoms with Gasteiger partial charge in [0.2, 0.25) is 0 Å². The van der Waals surface area contributed by atoms with E-state index < -0.39 is 0 Å². The number of hydrogen-bond acceptors (Lipinski definition) is 2. The van der Waals surface area contributed by atoms with Crippen LogP contribution in [0.25, 0.3) is 0 Å². The van der Waals surface area contributed by atoms with Crippen LogP contribution in [0.5, 0.6) is 0 Å². The van der Waals surface area contributed by atoms with Crippen LogP contribution in [0.4, 0.5) is 0 Å². The maximum Gasteiger partial charge on any atom is -0.00110 e. The van der Waals surface area contributed by atoms with E-state index in [0.717, 1.165) is 24.9 Å². The summed E-state index contributed by atoms with van der Waals surface area (Å²) in [6, 6.07) is 0. The van der Waals surface area contributed by atoms with Crippen LogP contribution >= 0.6 is 0 Å². The maximum atomic E-state index is 5.52. The Kier molecular flexibility index (Phi) is 4.02. The molecule has 0 spiro atoms. The van der Waals surface area contributed by atoms with Gasteiger partial charge in [0.1, 0.15) is 0 Å². The van der Waals surface area contributed by atoms with Crippen molar-refractivity contribution in [3.05, 3.63) is 0 Å². The fourth-order valence-electron chi connectivity index (χ4n) is 1.47. The minimum Gasteiger partial charge on any atom is -0.330 e. The Morgan fingerprint density at radius 1 is 1.33 bits per heavy atom. The SMILES string of the molecule is CC(CN)CNCC(C)C1CC1. The molecule has 1 aliphatic carbocycles. The molecular formula is C10H22N2. The first-order chi connectivity index (χ1) is 5.74. The highest BCUT2D eigenvalue weighted by Gasteiger charge is 2.27. The van der Waals surface area contributed by atoms with Gasteiger partial charge in [0.15, 0.2) is 0 Å². The van der Waals surface area contributed by atoms with Gasteiger partial charge in [0.05, 0.1) is 0 Å². The number of nitrogens with two attached hydrogens (primary N) is 1. The summed E-state index contributed by atoms with van der Waals surface area (Å²) in [6.45, 7) is 7.58. The quantitative estimate of drug-likeness (QED) is 0.629. The van der Waals surface area contributed by atoms with Crippen molar-refractivity contribution in [2.24, 2.45) is 23.5 Å². The maximum absolute atomic E-state index is 5.52. The van der Waals surface area contributed by atoms with E-state index in [1.807, 2.05) is 0 Å². The molecule has 0 aromatic carbocycles. The fraction of sp³-hybridized carbons (Fsp3) is 1.00. The Hall–Kier alpha value is -0.0800. The predicted molar refractivity (Wildman–Crippen MR) is 53.0 cm³/mol. The molecule has 0 aromatic heterocycles. The first kappa shape index (κ1) is 10.0. The van der Waals surface area contributed by atoms with Gasteiger partial charge in [0.25, 0.3) is 0 Å². The first-order valence-corrected chi connectivity index (χ1v) is 5.14. The van der Waals surface area contributed by atoms with Crippen molar-refractivity contribution >= 4 is 0 Å². The molecule has 2 heteroatoms. The van der Waals surface area contributed by atoms with Gasteiger partial charge in [-0.2, -0.15) is 0 Å². The molecule has 0 heterocycles. The van der Waals surface area contributed by atoms with E-state index in [9.17, 15) is 0 Å². The monoisotopic (exact) mass is 170 g/mol. The van der Waals surface area contributed by atoms with E-state index >= 15 is 0 Å². The smallest absolute Gasteiger partial charge is 0.00110 e. The zero-order chi connectivity index (χ0) is 8.97. The summed E-state index contributed by atoms with van der Waals surface area (Å²) < 4.78 is 0. The van der Waals surface area contributed by atoms with Gasteiger partial charge in [-0.3, -0.25) is 0 Å². The summed E-state index contributed by atoms with van der Waals surface area (Å²) in [5.41, 5.74) is 5.52. The Morgan fingerprint density at radius 3 is 2.50 bits per heavy atom. The lowest BCUT2D eigenvalue weighted by Crippen LogP contribution is -2.30. The molecular weight excluding hydrogens is 148 g/mol. The average Bonchev–Trinajstić information content (AvgIpc) is 2.86. The highest BCUT2D eigenvalue weighted by molar-refractivity contribution is 4.79. The van der Waals surface area contributed by atoms with Crippen LogP contribution in [0.15, 0.2) is 0 Å². The van der Waals surface area contributed by atoms with Crippen LogP contribution in [0.3, 0.4) is 0 Å². The molecule has 2 atom stereocenters. The fourth-order valence-corrected chi connectivity index (χ4v) is 1.47. The van der Waals surface area contributed by atoms with Crippen molar-refractivity contribution in [3.63, 3.8) is 0 Å². The van der Waals surface area contributed by atoms with Crippen molar-refractivity contribution < 1.29 is 0 Å². The topological polar surface area (TPSA) is 38.0 Å². The molecule has 1 saturated carbocycles. The number of nitrogens with one attached hydrogen (secondary N) is 1. The van der Waals surface area contributed by atoms with Gasteiger partial charge in [-0.05, 0) is 50.2 Å². The molecule has 1 rings (SSSR count). The molecule has 0 bridgehead atoms. The van der Waals surface area contributed by atoms with Crippen LogP contribution in [-0.4, -0.2) is 19.6 Å². The van der Waals surface area contributed by atoms with E-state index in [0.29, 0.717) is 5.92 Å². The Bertz CT molecular complexity index is 121. The summed E-state index contributed by atoms with van der Waals surface area (Å²) in [7, 11) is 0. The third-order valence-electron chi connectivity index (χ3n) is 2.79. The molecule has 72 valence electrons. The van der Waals surface area contributed by atoms with Crippen molar-refractivity contribution in [3.8, 4) is 0 Å². The summed E-state index contributed by atoms with van der Waals surface area (Å²) in [5.74, 6) is 2.51. The summed E-state index contributed by atoms with van der Waals surface area (Å²) in [4.78, 5) is 0. The number of rotatable bonds is 6. The van der Waals surface area contributed by atoms with Gasteiger partial charge < -0.3 is 11.1 Å². The highest BCUT2D eigenvalue weighted by atomic mass is 14.9. The molecule has 2 nitrogen and oxygen atoms in total. The third kappa shape index (κ3) is 3.55. The molecule has 12 heavy (non-hydrogen) atoms. The Balaban J connectivity index is 1.93. The van der Waals surface area contributed by atoms with Crippen LogP contribution in [0.1, 0.15) is 26.7 Å². The van der Waals surface area contributed by atoms with Crippen LogP contribution in [-0.2, 0) is 0 Å². The van der Waals surface area contributed by atoms with Gasteiger partial charge in [-0.15, -0.1) is 0 Å². The van der Waals surface area contributed by atoms with Crippen molar-refractivity contribution in [2.45, 2.75) is 26.7 Å². The van der Waals surface area contributed by atoms with Crippen molar-refractivity contribution in [1.29, 1.82) is 0 Å². The van der Waals surface area contributed by atoms with Gasteiger partial charge in [-0.1, -0.05) is 13.8 Å². The molecule has 0 saturated heterocycles. The third-order valence-corrected chi connectivity index (χ3v) is 2.79. The normalized spacial score (nSPS) is 22.2. The number of hydrogen-bond donors (Lipinski definition) is 2. The van der Waals surface area contributed by atoms with E-state index in [1.165, 1.54) is 19.4 Å². The molecule has 0 aromatic rings. The van der Waals surface area contributed by atoms with Crippen LogP contribution in [0.2, 0.25) is 0 Å². The lowest BCUT2D eigenvalue weighted by Gasteiger charge is -2.13. The summed E-state index contributed by atoms with van der Waals surface area (Å²) in [6.07, 6.45) is 2.91. The zero-order valence-corrected chi connectivity index (χ0v) is 8.34. The first-order valence-electron chi connectivity index (χ1n) is 5.14. The second kappa shape index (κ2) is 4.83. The van der Waals surface area contributed by atoms with Gasteiger partial charge in [-0.25, -0.2) is 0 Å². The Morgan fingerprint density at radius 2 is 2.00 bits per heavy atom. The predicted octanol–water partition coefficient (Wildman–Crippen LogP) is 1.22. The van der Waals surface area contributed by atoms with E-state index in [-0.39, 0.29) is 0 Å². The van der Waals surface area contributed by atoms with E-state index in [2.05, 4.69) is 19.2 Å². The Labute approximate surface area is 75.9 Å². The molecule has 0 aliphatic heterocycles. The van der Waals surface area contributed by atoms with Crippen molar-refractivity contribution in [1.82, 2.24) is 5.32 Å². The zero-order valence-electron chi connectivity index (χ0n) is 8.34. The van der Waals surface area contributed by atoms with Crippen molar-refractivity contribution in [2.75, 3.05) is 19.6 Å². The van der Waals surface area contributed by atoms with E-state index in [4.69, 9.17) is 5.73 Å². The average molecular weight is 170 g/mol. The second-order valence-corrected chi connectivity index (χ2v) is 4.31. The van der Waals surface area contributed by atoms with E-state index in [1.54, 1.807) is 0 Å². The summed E-state index contributed by atoms with van der Waals surface area (Å²) >= 11 is 0. The molecule has 1 fully saturated rings.